The number of nitrogens with zero attached hydrogens (tertiary/aromatic N) is 3. The van der Waals surface area contributed by atoms with Crippen LogP contribution in [0.5, 0.6) is 0 Å². The number of carboxylic acids is 2. The van der Waals surface area contributed by atoms with E-state index in [-0.39, 0.29) is 6.54 Å². The van der Waals surface area contributed by atoms with E-state index in [4.69, 9.17) is 5.11 Å². The van der Waals surface area contributed by atoms with E-state index < -0.39 is 40.2 Å². The summed E-state index contributed by atoms with van der Waals surface area (Å²) in [6.07, 6.45) is 3.36. The molecule has 0 aliphatic rings. The molecule has 1 unspecified atom stereocenters. The number of carbonyl (C=O) groups is 2. The maximum absolute atomic E-state index is 11.6. The fourth-order valence-corrected chi connectivity index (χ4v) is 2.27. The van der Waals surface area contributed by atoms with Gasteiger partial charge < -0.3 is 14.8 Å². The second kappa shape index (κ2) is 7.04. The van der Waals surface area contributed by atoms with Crippen LogP contribution < -0.4 is 4.99 Å². The van der Waals surface area contributed by atoms with E-state index in [0.717, 1.165) is 6.21 Å². The number of rotatable bonds is 8. The van der Waals surface area contributed by atoms with Crippen LogP contribution in [0, 0.1) is 0 Å². The van der Waals surface area contributed by atoms with Gasteiger partial charge >= 0.3 is 11.9 Å². The van der Waals surface area contributed by atoms with Crippen LogP contribution in [-0.2, 0) is 27.2 Å². The van der Waals surface area contributed by atoms with Crippen LogP contribution in [0.3, 0.4) is 0 Å². The van der Waals surface area contributed by atoms with Gasteiger partial charge in [-0.25, -0.2) is 14.0 Å². The van der Waals surface area contributed by atoms with E-state index in [1.165, 1.54) is 24.0 Å². The van der Waals surface area contributed by atoms with Crippen molar-refractivity contribution in [3.05, 3.63) is 12.4 Å². The molecule has 0 amide bonds. The van der Waals surface area contributed by atoms with Crippen molar-refractivity contribution in [3.63, 3.8) is 0 Å². The van der Waals surface area contributed by atoms with Crippen LogP contribution in [0.1, 0.15) is 13.3 Å². The first-order valence-corrected chi connectivity index (χ1v) is 6.85. The maximum Gasteiger partial charge on any atom is 0.374 e. The predicted molar refractivity (Wildman–Crippen MR) is 69.9 cm³/mol. The summed E-state index contributed by atoms with van der Waals surface area (Å²) < 4.78 is 20.7. The summed E-state index contributed by atoms with van der Waals surface area (Å²) in [5.74, 6) is -2.55. The first-order chi connectivity index (χ1) is 9.77. The molecule has 10 nitrogen and oxygen atoms in total. The van der Waals surface area contributed by atoms with Crippen molar-refractivity contribution in [1.29, 1.82) is 0 Å². The third-order valence-corrected chi connectivity index (χ3v) is 3.93. The second-order valence-corrected chi connectivity index (χ2v) is 5.83. The summed E-state index contributed by atoms with van der Waals surface area (Å²) in [6, 6.07) is -1.48. The standard InChI is InChI=1S/C10H14N4O6S/c1-10(21(19)20,6-14-5-4-12-13-14)8(9(17)18)11-3-2-7(15)16/h3-5,8H,2,6H2,1H3,(H,15,16)(H,17,18)(H,19,20)/p+1/t8-,10-/m0/s1. The van der Waals surface area contributed by atoms with E-state index in [9.17, 15) is 23.5 Å². The minimum Gasteiger partial charge on any atom is -0.481 e. The highest BCUT2D eigenvalue weighted by molar-refractivity contribution is 7.80. The summed E-state index contributed by atoms with van der Waals surface area (Å²) in [6.45, 7) is 1.09. The van der Waals surface area contributed by atoms with Gasteiger partial charge in [0.25, 0.3) is 6.04 Å². The summed E-state index contributed by atoms with van der Waals surface area (Å²) >= 11 is -2.52. The topological polar surface area (TPSA) is 157 Å². The van der Waals surface area contributed by atoms with E-state index in [2.05, 4.69) is 15.3 Å². The Hall–Kier alpha value is -2.14. The molecule has 11 heteroatoms. The zero-order valence-electron chi connectivity index (χ0n) is 11.0. The van der Waals surface area contributed by atoms with E-state index in [1.807, 2.05) is 0 Å². The van der Waals surface area contributed by atoms with Gasteiger partial charge in [0.1, 0.15) is 12.6 Å². The van der Waals surface area contributed by atoms with Gasteiger partial charge in [-0.15, -0.1) is 5.10 Å². The Bertz CT molecular complexity index is 560. The molecule has 3 atom stereocenters. The highest BCUT2D eigenvalue weighted by atomic mass is 32.2. The number of carboxylic acid groups (broad SMARTS) is 2. The van der Waals surface area contributed by atoms with Crippen LogP contribution in [0.25, 0.3) is 0 Å². The fourth-order valence-electron chi connectivity index (χ4n) is 1.66. The third-order valence-electron chi connectivity index (χ3n) is 2.77. The monoisotopic (exact) mass is 319 g/mol. The van der Waals surface area contributed by atoms with E-state index >= 15 is 0 Å². The Kier molecular flexibility index (Phi) is 5.67. The van der Waals surface area contributed by atoms with Gasteiger partial charge in [0.15, 0.2) is 15.8 Å². The number of aliphatic carboxylic acids is 2. The zero-order chi connectivity index (χ0) is 16.0. The van der Waals surface area contributed by atoms with Crippen LogP contribution in [0.15, 0.2) is 12.4 Å². The van der Waals surface area contributed by atoms with E-state index in [1.54, 1.807) is 0 Å². The molecule has 1 aromatic heterocycles. The summed E-state index contributed by atoms with van der Waals surface area (Å²) in [7, 11) is 0. The van der Waals surface area contributed by atoms with Crippen molar-refractivity contribution in [1.82, 2.24) is 15.0 Å². The first-order valence-electron chi connectivity index (χ1n) is 5.74. The van der Waals surface area contributed by atoms with Crippen LogP contribution in [0.2, 0.25) is 0 Å². The van der Waals surface area contributed by atoms with Crippen molar-refractivity contribution >= 4 is 29.2 Å². The molecule has 0 saturated carbocycles. The average molecular weight is 319 g/mol. The van der Waals surface area contributed by atoms with Crippen molar-refractivity contribution in [2.24, 2.45) is 0 Å². The predicted octanol–water partition coefficient (Wildman–Crippen LogP) is -2.66. The second-order valence-electron chi connectivity index (χ2n) is 4.40. The van der Waals surface area contributed by atoms with Gasteiger partial charge in [-0.1, -0.05) is 5.21 Å². The molecule has 0 aliphatic carbocycles. The van der Waals surface area contributed by atoms with Crippen LogP contribution in [-0.4, -0.2) is 62.9 Å². The molecular weight excluding hydrogens is 304 g/mol. The van der Waals surface area contributed by atoms with Crippen LogP contribution in [0.4, 0.5) is 0 Å². The highest BCUT2D eigenvalue weighted by Gasteiger charge is 2.49. The lowest BCUT2D eigenvalue weighted by molar-refractivity contribution is -0.492. The third kappa shape index (κ3) is 4.43. The van der Waals surface area contributed by atoms with Gasteiger partial charge in [-0.2, -0.15) is 0 Å². The average Bonchev–Trinajstić information content (AvgIpc) is 2.86. The molecule has 1 rings (SSSR count). The quantitative estimate of drug-likeness (QED) is 0.299. The molecular formula is C10H15N4O6S+. The molecule has 0 radical (unpaired) electrons. The molecule has 0 aromatic carbocycles. The molecule has 0 saturated heterocycles. The molecule has 0 bridgehead atoms. The highest BCUT2D eigenvalue weighted by Crippen LogP contribution is 2.18. The maximum atomic E-state index is 11.6. The zero-order valence-corrected chi connectivity index (χ0v) is 11.9. The SMILES string of the molecule is C[C@](Cn1ccnn1)([C@@H]([NH+]=CCC(=O)O)C(=O)O)S(=O)O. The minimum absolute atomic E-state index is 0.193. The number of hydrogen-bond donors (Lipinski definition) is 4. The normalized spacial score (nSPS) is 17.2. The van der Waals surface area contributed by atoms with Crippen molar-refractivity contribution in [2.45, 2.75) is 30.7 Å². The molecule has 1 aromatic rings. The Morgan fingerprint density at radius 1 is 1.52 bits per heavy atom. The van der Waals surface area contributed by atoms with Gasteiger partial charge in [-0.3, -0.25) is 9.48 Å². The summed E-state index contributed by atoms with van der Waals surface area (Å²) in [5, 5.41) is 24.9. The lowest BCUT2D eigenvalue weighted by Gasteiger charge is -2.25. The van der Waals surface area contributed by atoms with Gasteiger partial charge in [0.05, 0.1) is 12.7 Å². The Morgan fingerprint density at radius 3 is 2.62 bits per heavy atom. The first kappa shape index (κ1) is 16.9. The Morgan fingerprint density at radius 2 is 2.19 bits per heavy atom. The molecule has 0 spiro atoms. The lowest BCUT2D eigenvalue weighted by atomic mass is 10.0. The van der Waals surface area contributed by atoms with Crippen LogP contribution >= 0.6 is 0 Å². The van der Waals surface area contributed by atoms with E-state index in [0.29, 0.717) is 0 Å². The van der Waals surface area contributed by atoms with Crippen molar-refractivity contribution in [3.8, 4) is 0 Å². The minimum atomic E-state index is -2.52. The number of hydrogen-bond acceptors (Lipinski definition) is 5. The molecule has 116 valence electrons. The molecule has 1 heterocycles. The Balaban J connectivity index is 3.07. The summed E-state index contributed by atoms with van der Waals surface area (Å²) in [5.41, 5.74) is 0. The van der Waals surface area contributed by atoms with Crippen molar-refractivity contribution in [2.75, 3.05) is 0 Å². The molecule has 0 fully saturated rings. The van der Waals surface area contributed by atoms with Gasteiger partial charge in [0, 0.05) is 6.20 Å². The fraction of sp³-hybridized carbons (Fsp3) is 0.500. The Labute approximate surface area is 121 Å². The van der Waals surface area contributed by atoms with Gasteiger partial charge in [0.2, 0.25) is 0 Å². The van der Waals surface area contributed by atoms with Gasteiger partial charge in [-0.05, 0) is 6.92 Å². The number of nitrogens with one attached hydrogen (secondary N) is 1. The molecule has 4 N–H and O–H groups in total. The molecule has 0 aliphatic heterocycles. The lowest BCUT2D eigenvalue weighted by Crippen LogP contribution is -2.86. The summed E-state index contributed by atoms with van der Waals surface area (Å²) in [4.78, 5) is 24.1. The van der Waals surface area contributed by atoms with Crippen molar-refractivity contribution < 1.29 is 33.6 Å². The number of aromatic nitrogens is 3. The smallest absolute Gasteiger partial charge is 0.374 e. The molecule has 21 heavy (non-hydrogen) atoms. The largest absolute Gasteiger partial charge is 0.481 e.